The summed E-state index contributed by atoms with van der Waals surface area (Å²) in [5, 5.41) is 4.85. The quantitative estimate of drug-likeness (QED) is 0.680. The first-order valence-corrected chi connectivity index (χ1v) is 10.3. The summed E-state index contributed by atoms with van der Waals surface area (Å²) in [5.41, 5.74) is 5.74. The van der Waals surface area contributed by atoms with Crippen LogP contribution in [0.2, 0.25) is 0 Å². The summed E-state index contributed by atoms with van der Waals surface area (Å²) in [5.74, 6) is 0.0675. The highest BCUT2D eigenvalue weighted by Gasteiger charge is 2.26. The first-order valence-electron chi connectivity index (χ1n) is 10.3. The number of likely N-dealkylation sites (N-methyl/N-ethyl adjacent to an activating group) is 1. The number of nitrogens with zero attached hydrogens (tertiary/aromatic N) is 4. The maximum atomic E-state index is 13.5. The predicted octanol–water partition coefficient (Wildman–Crippen LogP) is 3.93. The van der Waals surface area contributed by atoms with E-state index >= 15 is 0 Å². The van der Waals surface area contributed by atoms with Crippen LogP contribution in [0.1, 0.15) is 28.4 Å². The van der Waals surface area contributed by atoms with Gasteiger partial charge in [0.2, 0.25) is 0 Å². The molecule has 1 aliphatic rings. The Morgan fingerprint density at radius 3 is 2.38 bits per heavy atom. The van der Waals surface area contributed by atoms with E-state index in [1.165, 1.54) is 5.56 Å². The van der Waals surface area contributed by atoms with Gasteiger partial charge >= 0.3 is 0 Å². The van der Waals surface area contributed by atoms with E-state index < -0.39 is 0 Å². The third kappa shape index (κ3) is 3.96. The molecule has 29 heavy (non-hydrogen) atoms. The van der Waals surface area contributed by atoms with Gasteiger partial charge in [-0.2, -0.15) is 5.10 Å². The van der Waals surface area contributed by atoms with Gasteiger partial charge in [0.1, 0.15) is 5.69 Å². The van der Waals surface area contributed by atoms with Gasteiger partial charge in [0.25, 0.3) is 5.91 Å². The Bertz CT molecular complexity index is 1000. The monoisotopic (exact) mass is 388 g/mol. The van der Waals surface area contributed by atoms with E-state index in [1.807, 2.05) is 46.1 Å². The van der Waals surface area contributed by atoms with Crippen LogP contribution >= 0.6 is 0 Å². The molecule has 150 valence electrons. The van der Waals surface area contributed by atoms with E-state index in [1.54, 1.807) is 0 Å². The average Bonchev–Trinajstić information content (AvgIpc) is 3.19. The van der Waals surface area contributed by atoms with Crippen molar-refractivity contribution in [2.24, 2.45) is 0 Å². The molecule has 0 saturated carbocycles. The number of aryl methyl sites for hydroxylation is 2. The highest BCUT2D eigenvalue weighted by Crippen LogP contribution is 2.28. The molecule has 0 atom stereocenters. The van der Waals surface area contributed by atoms with Crippen molar-refractivity contribution in [3.8, 4) is 16.9 Å². The molecule has 1 amide bonds. The van der Waals surface area contributed by atoms with Gasteiger partial charge in [0.15, 0.2) is 0 Å². The normalized spacial score (nSPS) is 14.9. The number of hydrogen-bond acceptors (Lipinski definition) is 3. The highest BCUT2D eigenvalue weighted by atomic mass is 16.2. The van der Waals surface area contributed by atoms with Crippen molar-refractivity contribution in [1.82, 2.24) is 19.6 Å². The Kier molecular flexibility index (Phi) is 5.49. The summed E-state index contributed by atoms with van der Waals surface area (Å²) in [6.07, 6.45) is 1.89. The zero-order valence-corrected chi connectivity index (χ0v) is 17.4. The maximum Gasteiger partial charge on any atom is 0.257 e. The van der Waals surface area contributed by atoms with Gasteiger partial charge in [-0.1, -0.05) is 48.9 Å². The zero-order chi connectivity index (χ0) is 20.4. The van der Waals surface area contributed by atoms with Crippen molar-refractivity contribution >= 4 is 5.91 Å². The molecule has 0 N–H and O–H groups in total. The Hall–Kier alpha value is -2.92. The number of rotatable bonds is 4. The van der Waals surface area contributed by atoms with Gasteiger partial charge in [0.05, 0.1) is 11.3 Å². The van der Waals surface area contributed by atoms with Crippen LogP contribution in [-0.4, -0.2) is 58.2 Å². The van der Waals surface area contributed by atoms with Crippen LogP contribution in [0.3, 0.4) is 0 Å². The lowest BCUT2D eigenvalue weighted by Crippen LogP contribution is -2.48. The van der Waals surface area contributed by atoms with E-state index in [-0.39, 0.29) is 5.91 Å². The first kappa shape index (κ1) is 19.4. The molecule has 0 unspecified atom stereocenters. The fourth-order valence-corrected chi connectivity index (χ4v) is 3.96. The molecule has 0 aliphatic carbocycles. The molecule has 0 spiro atoms. The predicted molar refractivity (Wildman–Crippen MR) is 116 cm³/mol. The van der Waals surface area contributed by atoms with Gasteiger partial charge in [-0.05, 0) is 38.1 Å². The fraction of sp³-hybridized carbons (Fsp3) is 0.333. The molecule has 5 nitrogen and oxygen atoms in total. The Morgan fingerprint density at radius 1 is 1.00 bits per heavy atom. The summed E-state index contributed by atoms with van der Waals surface area (Å²) in [7, 11) is 0. The van der Waals surface area contributed by atoms with Crippen LogP contribution in [0.5, 0.6) is 0 Å². The average molecular weight is 389 g/mol. The van der Waals surface area contributed by atoms with E-state index in [0.717, 1.165) is 55.2 Å². The number of para-hydroxylation sites is 1. The summed E-state index contributed by atoms with van der Waals surface area (Å²) in [6.45, 7) is 10.7. The van der Waals surface area contributed by atoms with Gasteiger partial charge in [0, 0.05) is 37.9 Å². The molecular weight excluding hydrogens is 360 g/mol. The van der Waals surface area contributed by atoms with E-state index in [4.69, 9.17) is 5.10 Å². The van der Waals surface area contributed by atoms with E-state index in [2.05, 4.69) is 43.9 Å². The van der Waals surface area contributed by atoms with Crippen LogP contribution in [0.15, 0.2) is 54.7 Å². The number of piperazine rings is 1. The second kappa shape index (κ2) is 8.21. The third-order valence-electron chi connectivity index (χ3n) is 5.71. The second-order valence-electron chi connectivity index (χ2n) is 7.72. The maximum absolute atomic E-state index is 13.5. The molecule has 5 heteroatoms. The molecule has 1 aliphatic heterocycles. The SMILES string of the molecule is CCN1CCN(C(=O)c2cn(-c3ccccc3)nc2-c2ccc(C)cc2C)CC1. The number of hydrogen-bond donors (Lipinski definition) is 0. The number of benzene rings is 2. The fourth-order valence-electron chi connectivity index (χ4n) is 3.96. The molecule has 0 radical (unpaired) electrons. The summed E-state index contributed by atoms with van der Waals surface area (Å²) >= 11 is 0. The minimum atomic E-state index is 0.0675. The molecule has 0 bridgehead atoms. The minimum Gasteiger partial charge on any atom is -0.336 e. The smallest absolute Gasteiger partial charge is 0.257 e. The third-order valence-corrected chi connectivity index (χ3v) is 5.71. The molecule has 2 heterocycles. The Labute approximate surface area is 172 Å². The van der Waals surface area contributed by atoms with Gasteiger partial charge in [-0.3, -0.25) is 4.79 Å². The van der Waals surface area contributed by atoms with Crippen LogP contribution in [0.25, 0.3) is 16.9 Å². The summed E-state index contributed by atoms with van der Waals surface area (Å²) < 4.78 is 1.82. The topological polar surface area (TPSA) is 41.4 Å². The highest BCUT2D eigenvalue weighted by molar-refractivity contribution is 6.00. The number of carbonyl (C=O) groups is 1. The van der Waals surface area contributed by atoms with Crippen molar-refractivity contribution in [2.75, 3.05) is 32.7 Å². The lowest BCUT2D eigenvalue weighted by molar-refractivity contribution is 0.0644. The van der Waals surface area contributed by atoms with Crippen LogP contribution in [-0.2, 0) is 0 Å². The van der Waals surface area contributed by atoms with Crippen LogP contribution in [0.4, 0.5) is 0 Å². The Morgan fingerprint density at radius 2 is 1.72 bits per heavy atom. The number of aromatic nitrogens is 2. The molecule has 2 aromatic carbocycles. The largest absolute Gasteiger partial charge is 0.336 e. The first-order chi connectivity index (χ1) is 14.1. The molecule has 3 aromatic rings. The Balaban J connectivity index is 1.75. The van der Waals surface area contributed by atoms with Crippen molar-refractivity contribution in [2.45, 2.75) is 20.8 Å². The van der Waals surface area contributed by atoms with E-state index in [9.17, 15) is 4.79 Å². The van der Waals surface area contributed by atoms with E-state index in [0.29, 0.717) is 5.56 Å². The van der Waals surface area contributed by atoms with Crippen molar-refractivity contribution < 1.29 is 4.79 Å². The van der Waals surface area contributed by atoms with Gasteiger partial charge in [-0.25, -0.2) is 4.68 Å². The van der Waals surface area contributed by atoms with Crippen molar-refractivity contribution in [3.63, 3.8) is 0 Å². The van der Waals surface area contributed by atoms with Crippen molar-refractivity contribution in [3.05, 3.63) is 71.4 Å². The van der Waals surface area contributed by atoms with Gasteiger partial charge in [-0.15, -0.1) is 0 Å². The standard InChI is InChI=1S/C24H28N4O/c1-4-26-12-14-27(15-13-26)24(29)22-17-28(20-8-6-5-7-9-20)25-23(22)21-11-10-18(2)16-19(21)3/h5-11,16-17H,4,12-15H2,1-3H3. The number of amides is 1. The van der Waals surface area contributed by atoms with Gasteiger partial charge < -0.3 is 9.80 Å². The summed E-state index contributed by atoms with van der Waals surface area (Å²) in [4.78, 5) is 17.8. The molecule has 4 rings (SSSR count). The number of carbonyl (C=O) groups excluding carboxylic acids is 1. The molecular formula is C24H28N4O. The lowest BCUT2D eigenvalue weighted by Gasteiger charge is -2.34. The van der Waals surface area contributed by atoms with Crippen molar-refractivity contribution in [1.29, 1.82) is 0 Å². The molecule has 1 saturated heterocycles. The second-order valence-corrected chi connectivity index (χ2v) is 7.72. The molecule has 1 aromatic heterocycles. The minimum absolute atomic E-state index is 0.0675. The molecule has 1 fully saturated rings. The lowest BCUT2D eigenvalue weighted by atomic mass is 10.00. The zero-order valence-electron chi connectivity index (χ0n) is 17.4. The van der Waals surface area contributed by atoms with Crippen LogP contribution < -0.4 is 0 Å². The van der Waals surface area contributed by atoms with Crippen LogP contribution in [0, 0.1) is 13.8 Å². The summed E-state index contributed by atoms with van der Waals surface area (Å²) in [6, 6.07) is 16.3.